The van der Waals surface area contributed by atoms with E-state index >= 15 is 0 Å². The van der Waals surface area contributed by atoms with Crippen LogP contribution in [0.1, 0.15) is 23.0 Å². The van der Waals surface area contributed by atoms with Gasteiger partial charge in [0.25, 0.3) is 11.5 Å². The molecule has 0 saturated heterocycles. The Morgan fingerprint density at radius 2 is 1.74 bits per heavy atom. The topological polar surface area (TPSA) is 101 Å². The maximum Gasteiger partial charge on any atom is 0.328 e. The first kappa shape index (κ1) is 18.3. The fourth-order valence-corrected chi connectivity index (χ4v) is 2.80. The minimum absolute atomic E-state index is 0.0487. The molecule has 1 aromatic heterocycles. The Balaban J connectivity index is 1.89. The predicted octanol–water partition coefficient (Wildman–Crippen LogP) is 1.83. The van der Waals surface area contributed by atoms with Gasteiger partial charge in [-0.15, -0.1) is 0 Å². The molecule has 1 atom stereocenters. The molecule has 0 aliphatic carbocycles. The number of fused-ring (bicyclic) bond motifs is 1. The average molecular weight is 365 g/mol. The molecule has 138 valence electrons. The van der Waals surface area contributed by atoms with Crippen LogP contribution in [0.15, 0.2) is 59.4 Å². The number of nitrogens with zero attached hydrogens (tertiary/aromatic N) is 1. The van der Waals surface area contributed by atoms with Crippen molar-refractivity contribution in [2.24, 2.45) is 0 Å². The van der Waals surface area contributed by atoms with Crippen LogP contribution in [0, 0.1) is 0 Å². The van der Waals surface area contributed by atoms with Crippen molar-refractivity contribution < 1.29 is 14.3 Å². The second-order valence-electron chi connectivity index (χ2n) is 5.91. The Kier molecular flexibility index (Phi) is 5.61. The zero-order valence-corrected chi connectivity index (χ0v) is 14.8. The van der Waals surface area contributed by atoms with E-state index in [0.717, 1.165) is 5.56 Å². The molecule has 0 aliphatic heterocycles. The highest BCUT2D eigenvalue weighted by Gasteiger charge is 2.25. The summed E-state index contributed by atoms with van der Waals surface area (Å²) >= 11 is 0. The van der Waals surface area contributed by atoms with E-state index in [4.69, 9.17) is 4.74 Å². The lowest BCUT2D eigenvalue weighted by Gasteiger charge is -2.17. The maximum atomic E-state index is 12.8. The molecular formula is C20H19N3O4. The summed E-state index contributed by atoms with van der Waals surface area (Å²) in [6.45, 7) is 1.91. The predicted molar refractivity (Wildman–Crippen MR) is 100 cm³/mol. The minimum Gasteiger partial charge on any atom is -0.464 e. The molecular weight excluding hydrogens is 346 g/mol. The summed E-state index contributed by atoms with van der Waals surface area (Å²) in [4.78, 5) is 37.0. The van der Waals surface area contributed by atoms with Crippen molar-refractivity contribution in [2.75, 3.05) is 6.61 Å². The van der Waals surface area contributed by atoms with Crippen molar-refractivity contribution in [1.82, 2.24) is 15.5 Å². The number of hydrogen-bond acceptors (Lipinski definition) is 5. The summed E-state index contributed by atoms with van der Waals surface area (Å²) in [6, 6.07) is 15.1. The summed E-state index contributed by atoms with van der Waals surface area (Å²) in [5.74, 6) is -1.08. The van der Waals surface area contributed by atoms with Gasteiger partial charge in [0.05, 0.1) is 12.0 Å². The molecule has 3 rings (SSSR count). The summed E-state index contributed by atoms with van der Waals surface area (Å²) < 4.78 is 5.09. The number of benzene rings is 2. The van der Waals surface area contributed by atoms with E-state index in [1.54, 1.807) is 31.2 Å². The zero-order valence-electron chi connectivity index (χ0n) is 14.8. The number of aromatic amines is 1. The number of amides is 1. The van der Waals surface area contributed by atoms with Crippen molar-refractivity contribution in [2.45, 2.75) is 19.4 Å². The van der Waals surface area contributed by atoms with Gasteiger partial charge in [-0.3, -0.25) is 9.59 Å². The zero-order chi connectivity index (χ0) is 19.2. The van der Waals surface area contributed by atoms with E-state index in [9.17, 15) is 14.4 Å². The molecule has 1 amide bonds. The largest absolute Gasteiger partial charge is 0.464 e. The first-order valence-corrected chi connectivity index (χ1v) is 8.59. The fraction of sp³-hybridized carbons (Fsp3) is 0.200. The number of carbonyl (C=O) groups excluding carboxylic acids is 2. The maximum absolute atomic E-state index is 12.8. The number of rotatable bonds is 6. The number of aromatic nitrogens is 2. The lowest BCUT2D eigenvalue weighted by Crippen LogP contribution is -2.44. The third kappa shape index (κ3) is 4.20. The van der Waals surface area contributed by atoms with Crippen LogP contribution >= 0.6 is 0 Å². The number of H-pyrrole nitrogens is 1. The Morgan fingerprint density at radius 1 is 1.07 bits per heavy atom. The molecule has 0 fully saturated rings. The van der Waals surface area contributed by atoms with E-state index in [0.29, 0.717) is 10.8 Å². The van der Waals surface area contributed by atoms with Gasteiger partial charge in [-0.25, -0.2) is 9.89 Å². The van der Waals surface area contributed by atoms with Gasteiger partial charge >= 0.3 is 5.97 Å². The first-order valence-electron chi connectivity index (χ1n) is 8.59. The SMILES string of the molecule is CCOC(=O)C(Cc1ccccc1)NC(=O)c1n[nH]c(=O)c2ccccc12. The Hall–Kier alpha value is -3.48. The van der Waals surface area contributed by atoms with Gasteiger partial charge in [0.2, 0.25) is 0 Å². The van der Waals surface area contributed by atoms with Crippen LogP contribution in [0.4, 0.5) is 0 Å². The highest BCUT2D eigenvalue weighted by atomic mass is 16.5. The number of carbonyl (C=O) groups is 2. The van der Waals surface area contributed by atoms with Crippen LogP contribution < -0.4 is 10.9 Å². The van der Waals surface area contributed by atoms with E-state index in [2.05, 4.69) is 15.5 Å². The summed E-state index contributed by atoms with van der Waals surface area (Å²) in [6.07, 6.45) is 0.284. The molecule has 27 heavy (non-hydrogen) atoms. The Morgan fingerprint density at radius 3 is 2.44 bits per heavy atom. The number of esters is 1. The van der Waals surface area contributed by atoms with E-state index in [-0.39, 0.29) is 24.3 Å². The number of nitrogens with one attached hydrogen (secondary N) is 2. The Bertz CT molecular complexity index is 1010. The summed E-state index contributed by atoms with van der Waals surface area (Å²) in [5, 5.41) is 9.64. The van der Waals surface area contributed by atoms with Crippen LogP contribution in [-0.2, 0) is 16.0 Å². The normalized spacial score (nSPS) is 11.7. The van der Waals surface area contributed by atoms with Gasteiger partial charge in [-0.1, -0.05) is 48.5 Å². The molecule has 1 unspecified atom stereocenters. The van der Waals surface area contributed by atoms with Crippen LogP contribution in [0.3, 0.4) is 0 Å². The quantitative estimate of drug-likeness (QED) is 0.649. The van der Waals surface area contributed by atoms with E-state index < -0.39 is 17.9 Å². The van der Waals surface area contributed by atoms with Crippen molar-refractivity contribution >= 4 is 22.6 Å². The van der Waals surface area contributed by atoms with Gasteiger partial charge in [-0.2, -0.15) is 5.10 Å². The smallest absolute Gasteiger partial charge is 0.328 e. The minimum atomic E-state index is -0.868. The van der Waals surface area contributed by atoms with Gasteiger partial charge in [-0.05, 0) is 18.6 Å². The van der Waals surface area contributed by atoms with Crippen LogP contribution in [0.5, 0.6) is 0 Å². The van der Waals surface area contributed by atoms with Gasteiger partial charge in [0, 0.05) is 11.8 Å². The third-order valence-corrected chi connectivity index (χ3v) is 4.07. The molecule has 0 bridgehead atoms. The molecule has 0 aliphatic rings. The second-order valence-corrected chi connectivity index (χ2v) is 5.91. The number of ether oxygens (including phenoxy) is 1. The molecule has 2 N–H and O–H groups in total. The lowest BCUT2D eigenvalue weighted by molar-refractivity contribution is -0.145. The third-order valence-electron chi connectivity index (χ3n) is 4.07. The molecule has 0 spiro atoms. The first-order chi connectivity index (χ1) is 13.1. The van der Waals surface area contributed by atoms with Crippen molar-refractivity contribution in [1.29, 1.82) is 0 Å². The monoisotopic (exact) mass is 365 g/mol. The molecule has 7 heteroatoms. The van der Waals surface area contributed by atoms with Gasteiger partial charge in [0.15, 0.2) is 5.69 Å². The molecule has 0 radical (unpaired) electrons. The molecule has 0 saturated carbocycles. The summed E-state index contributed by atoms with van der Waals surface area (Å²) in [5.41, 5.74) is 0.552. The van der Waals surface area contributed by atoms with E-state index in [1.807, 2.05) is 30.3 Å². The van der Waals surface area contributed by atoms with Crippen LogP contribution in [0.2, 0.25) is 0 Å². The van der Waals surface area contributed by atoms with Gasteiger partial charge < -0.3 is 10.1 Å². The van der Waals surface area contributed by atoms with Crippen LogP contribution in [-0.4, -0.2) is 34.7 Å². The van der Waals surface area contributed by atoms with E-state index in [1.165, 1.54) is 0 Å². The van der Waals surface area contributed by atoms with Crippen molar-refractivity contribution in [3.8, 4) is 0 Å². The Labute approximate surface area is 155 Å². The molecule has 3 aromatic rings. The standard InChI is InChI=1S/C20H19N3O4/c1-2-27-20(26)16(12-13-8-4-3-5-9-13)21-19(25)17-14-10-6-7-11-15(14)18(24)23-22-17/h3-11,16H,2,12H2,1H3,(H,21,25)(H,23,24). The highest BCUT2D eigenvalue weighted by molar-refractivity contribution is 6.05. The lowest BCUT2D eigenvalue weighted by atomic mass is 10.1. The highest BCUT2D eigenvalue weighted by Crippen LogP contribution is 2.13. The molecule has 7 nitrogen and oxygen atoms in total. The van der Waals surface area contributed by atoms with Crippen LogP contribution in [0.25, 0.3) is 10.8 Å². The fourth-order valence-electron chi connectivity index (χ4n) is 2.80. The van der Waals surface area contributed by atoms with Gasteiger partial charge in [0.1, 0.15) is 6.04 Å². The average Bonchev–Trinajstić information content (AvgIpc) is 2.69. The number of hydrogen-bond donors (Lipinski definition) is 2. The molecule has 2 aromatic carbocycles. The summed E-state index contributed by atoms with van der Waals surface area (Å²) in [7, 11) is 0. The van der Waals surface area contributed by atoms with Crippen molar-refractivity contribution in [3.63, 3.8) is 0 Å². The molecule has 1 heterocycles. The second kappa shape index (κ2) is 8.27. The van der Waals surface area contributed by atoms with Crippen molar-refractivity contribution in [3.05, 3.63) is 76.2 Å².